The second-order valence-electron chi connectivity index (χ2n) is 8.01. The number of anilines is 1. The lowest BCUT2D eigenvalue weighted by molar-refractivity contribution is -0.122. The average Bonchev–Trinajstić information content (AvgIpc) is 3.02. The van der Waals surface area contributed by atoms with Crippen LogP contribution in [-0.2, 0) is 9.59 Å². The molecule has 1 aliphatic rings. The van der Waals surface area contributed by atoms with E-state index in [4.69, 9.17) is 0 Å². The van der Waals surface area contributed by atoms with E-state index in [2.05, 4.69) is 10.4 Å². The Morgan fingerprint density at radius 3 is 2.28 bits per heavy atom. The number of nitrogens with zero attached hydrogens (tertiary/aromatic N) is 3. The Morgan fingerprint density at radius 2 is 1.59 bits per heavy atom. The maximum Gasteiger partial charge on any atom is 0.335 e. The number of aryl methyl sites for hydroxylation is 4. The number of hydrogen-bond acceptors (Lipinski definition) is 4. The zero-order valence-corrected chi connectivity index (χ0v) is 18.7. The van der Waals surface area contributed by atoms with Crippen LogP contribution >= 0.6 is 0 Å². The molecule has 4 amide bonds. The SMILES string of the molecule is Cc1ccc(-n2nc(C)c(/C=C3\C(=O)NC(=O)N(c4ccccc4C)C3=O)c2C)cc1C. The highest BCUT2D eigenvalue weighted by Gasteiger charge is 2.37. The molecule has 1 N–H and O–H groups in total. The first-order chi connectivity index (χ1) is 15.2. The maximum absolute atomic E-state index is 13.2. The molecule has 1 aromatic heterocycles. The molecule has 7 heteroatoms. The van der Waals surface area contributed by atoms with Crippen LogP contribution in [-0.4, -0.2) is 27.6 Å². The number of urea groups is 1. The van der Waals surface area contributed by atoms with Gasteiger partial charge in [-0.15, -0.1) is 0 Å². The maximum atomic E-state index is 13.2. The molecule has 32 heavy (non-hydrogen) atoms. The van der Waals surface area contributed by atoms with Crippen molar-refractivity contribution in [3.8, 4) is 5.69 Å². The standard InChI is InChI=1S/C25H24N4O3/c1-14-10-11-19(12-16(14)3)29-18(5)20(17(4)27-29)13-21-23(30)26-25(32)28(24(21)31)22-9-7-6-8-15(22)2/h6-13H,1-5H3,(H,26,30,32)/b21-13+. The van der Waals surface area contributed by atoms with Gasteiger partial charge in [0.15, 0.2) is 0 Å². The number of rotatable bonds is 3. The van der Waals surface area contributed by atoms with E-state index >= 15 is 0 Å². The van der Waals surface area contributed by atoms with Crippen LogP contribution in [0.3, 0.4) is 0 Å². The molecule has 1 fully saturated rings. The zero-order valence-electron chi connectivity index (χ0n) is 18.7. The highest BCUT2D eigenvalue weighted by Crippen LogP contribution is 2.27. The molecule has 4 rings (SSSR count). The lowest BCUT2D eigenvalue weighted by Gasteiger charge is -2.27. The van der Waals surface area contributed by atoms with Crippen molar-refractivity contribution in [2.45, 2.75) is 34.6 Å². The summed E-state index contributed by atoms with van der Waals surface area (Å²) in [6.07, 6.45) is 1.52. The predicted octanol–water partition coefficient (Wildman–Crippen LogP) is 4.08. The molecule has 0 saturated carbocycles. The molecule has 3 aromatic rings. The lowest BCUT2D eigenvalue weighted by atomic mass is 10.0. The second-order valence-corrected chi connectivity index (χ2v) is 8.01. The smallest absolute Gasteiger partial charge is 0.273 e. The fourth-order valence-electron chi connectivity index (χ4n) is 3.81. The minimum Gasteiger partial charge on any atom is -0.273 e. The van der Waals surface area contributed by atoms with Gasteiger partial charge >= 0.3 is 6.03 Å². The topological polar surface area (TPSA) is 84.3 Å². The van der Waals surface area contributed by atoms with Crippen LogP contribution in [0.2, 0.25) is 0 Å². The molecule has 7 nitrogen and oxygen atoms in total. The molecule has 1 aliphatic heterocycles. The second kappa shape index (κ2) is 7.92. The van der Waals surface area contributed by atoms with E-state index in [1.54, 1.807) is 29.8 Å². The number of aromatic nitrogens is 2. The van der Waals surface area contributed by atoms with E-state index in [1.165, 1.54) is 11.6 Å². The Bertz CT molecular complexity index is 1320. The van der Waals surface area contributed by atoms with Crippen LogP contribution in [0.4, 0.5) is 10.5 Å². The summed E-state index contributed by atoms with van der Waals surface area (Å²) in [5, 5.41) is 6.90. The first-order valence-corrected chi connectivity index (χ1v) is 10.3. The first kappa shape index (κ1) is 21.2. The molecule has 1 saturated heterocycles. The number of hydrogen-bond donors (Lipinski definition) is 1. The van der Waals surface area contributed by atoms with Gasteiger partial charge in [0.2, 0.25) is 0 Å². The van der Waals surface area contributed by atoms with E-state index in [0.29, 0.717) is 16.9 Å². The molecule has 2 aromatic carbocycles. The summed E-state index contributed by atoms with van der Waals surface area (Å²) in [4.78, 5) is 39.3. The van der Waals surface area contributed by atoms with E-state index in [9.17, 15) is 14.4 Å². The zero-order chi connectivity index (χ0) is 23.2. The third-order valence-electron chi connectivity index (χ3n) is 5.83. The Hall–Kier alpha value is -4.00. The van der Waals surface area contributed by atoms with Crippen molar-refractivity contribution in [3.63, 3.8) is 0 Å². The number of barbiturate groups is 1. The van der Waals surface area contributed by atoms with Gasteiger partial charge in [-0.25, -0.2) is 14.4 Å². The van der Waals surface area contributed by atoms with Crippen molar-refractivity contribution in [1.29, 1.82) is 0 Å². The van der Waals surface area contributed by atoms with Gasteiger partial charge < -0.3 is 0 Å². The van der Waals surface area contributed by atoms with Gasteiger partial charge in [-0.1, -0.05) is 24.3 Å². The summed E-state index contributed by atoms with van der Waals surface area (Å²) in [5.74, 6) is -1.38. The fraction of sp³-hybridized carbons (Fsp3) is 0.200. The molecule has 0 atom stereocenters. The first-order valence-electron chi connectivity index (χ1n) is 10.3. The van der Waals surface area contributed by atoms with E-state index in [1.807, 2.05) is 52.0 Å². The highest BCUT2D eigenvalue weighted by atomic mass is 16.2. The summed E-state index contributed by atoms with van der Waals surface area (Å²) in [6, 6.07) is 12.3. The summed E-state index contributed by atoms with van der Waals surface area (Å²) < 4.78 is 1.80. The molecule has 2 heterocycles. The molecule has 0 unspecified atom stereocenters. The molecule has 162 valence electrons. The molecular weight excluding hydrogens is 404 g/mol. The fourth-order valence-corrected chi connectivity index (χ4v) is 3.81. The van der Waals surface area contributed by atoms with E-state index in [0.717, 1.165) is 27.4 Å². The molecule has 0 bridgehead atoms. The number of para-hydroxylation sites is 1. The third-order valence-corrected chi connectivity index (χ3v) is 5.83. The van der Waals surface area contributed by atoms with Crippen LogP contribution in [0.25, 0.3) is 11.8 Å². The Balaban J connectivity index is 1.79. The quantitative estimate of drug-likeness (QED) is 0.503. The summed E-state index contributed by atoms with van der Waals surface area (Å²) >= 11 is 0. The number of amides is 4. The normalized spacial score (nSPS) is 15.5. The molecule has 0 spiro atoms. The van der Waals surface area contributed by atoms with Crippen molar-refractivity contribution in [2.75, 3.05) is 4.90 Å². The number of nitrogens with one attached hydrogen (secondary N) is 1. The minimum atomic E-state index is -0.759. The third kappa shape index (κ3) is 3.51. The molecular formula is C25H24N4O3. The van der Waals surface area contributed by atoms with Crippen LogP contribution in [0.15, 0.2) is 48.0 Å². The van der Waals surface area contributed by atoms with Crippen molar-refractivity contribution in [2.24, 2.45) is 0 Å². The number of carbonyl (C=O) groups excluding carboxylic acids is 3. The van der Waals surface area contributed by atoms with Crippen LogP contribution < -0.4 is 10.2 Å². The molecule has 0 radical (unpaired) electrons. The van der Waals surface area contributed by atoms with Gasteiger partial charge in [-0.3, -0.25) is 14.9 Å². The minimum absolute atomic E-state index is 0.112. The van der Waals surface area contributed by atoms with Crippen LogP contribution in [0, 0.1) is 34.6 Å². The van der Waals surface area contributed by atoms with Crippen LogP contribution in [0.1, 0.15) is 33.6 Å². The molecule has 0 aliphatic carbocycles. The predicted molar refractivity (Wildman–Crippen MR) is 123 cm³/mol. The Labute approximate surface area is 186 Å². The number of carbonyl (C=O) groups is 3. The summed E-state index contributed by atoms with van der Waals surface area (Å²) in [5.41, 5.74) is 6.43. The van der Waals surface area contributed by atoms with Gasteiger partial charge in [0.05, 0.1) is 17.1 Å². The number of imide groups is 2. The summed E-state index contributed by atoms with van der Waals surface area (Å²) in [7, 11) is 0. The highest BCUT2D eigenvalue weighted by molar-refractivity contribution is 6.39. The van der Waals surface area contributed by atoms with Gasteiger partial charge in [0.1, 0.15) is 5.57 Å². The Kier molecular flexibility index (Phi) is 5.26. The van der Waals surface area contributed by atoms with Gasteiger partial charge in [0, 0.05) is 11.3 Å². The van der Waals surface area contributed by atoms with E-state index in [-0.39, 0.29) is 5.57 Å². The van der Waals surface area contributed by atoms with Crippen LogP contribution in [0.5, 0.6) is 0 Å². The van der Waals surface area contributed by atoms with Crippen molar-refractivity contribution < 1.29 is 14.4 Å². The van der Waals surface area contributed by atoms with E-state index < -0.39 is 17.8 Å². The summed E-state index contributed by atoms with van der Waals surface area (Å²) in [6.45, 7) is 9.60. The monoisotopic (exact) mass is 428 g/mol. The van der Waals surface area contributed by atoms with Crippen molar-refractivity contribution >= 4 is 29.6 Å². The van der Waals surface area contributed by atoms with Gasteiger partial charge in [-0.05, 0) is 75.6 Å². The van der Waals surface area contributed by atoms with Crippen molar-refractivity contribution in [3.05, 3.63) is 81.7 Å². The van der Waals surface area contributed by atoms with Crippen molar-refractivity contribution in [1.82, 2.24) is 15.1 Å². The van der Waals surface area contributed by atoms with Gasteiger partial charge in [0.25, 0.3) is 11.8 Å². The lowest BCUT2D eigenvalue weighted by Crippen LogP contribution is -2.54. The average molecular weight is 428 g/mol. The number of benzene rings is 2. The Morgan fingerprint density at radius 1 is 0.875 bits per heavy atom. The van der Waals surface area contributed by atoms with Gasteiger partial charge in [-0.2, -0.15) is 5.10 Å². The largest absolute Gasteiger partial charge is 0.335 e.